The van der Waals surface area contributed by atoms with Crippen molar-refractivity contribution in [3.05, 3.63) is 21.9 Å². The summed E-state index contributed by atoms with van der Waals surface area (Å²) in [4.78, 5) is 17.3. The summed E-state index contributed by atoms with van der Waals surface area (Å²) in [5.74, 6) is 0.242. The summed E-state index contributed by atoms with van der Waals surface area (Å²) >= 11 is 1.78. The van der Waals surface area contributed by atoms with Crippen LogP contribution in [0, 0.1) is 6.92 Å². The van der Waals surface area contributed by atoms with Crippen molar-refractivity contribution in [3.63, 3.8) is 0 Å². The molecule has 0 aromatic carbocycles. The number of carbonyl (C=O) groups is 1. The molecular weight excluding hydrogens is 256 g/mol. The molecule has 3 nitrogen and oxygen atoms in total. The first-order valence-corrected chi connectivity index (χ1v) is 7.90. The van der Waals surface area contributed by atoms with Gasteiger partial charge in [-0.3, -0.25) is 4.79 Å². The summed E-state index contributed by atoms with van der Waals surface area (Å²) in [5.41, 5.74) is -0.324. The fraction of sp³-hybridized carbons (Fsp3) is 0.667. The van der Waals surface area contributed by atoms with Gasteiger partial charge in [0, 0.05) is 16.8 Å². The van der Waals surface area contributed by atoms with Crippen LogP contribution >= 0.6 is 11.3 Å². The summed E-state index contributed by atoms with van der Waals surface area (Å²) < 4.78 is 0. The standard InChI is InChI=1S/C15H24N2OS/c1-5-15(9-6-10-16-15)14(18)17(4)12(3)13-8-7-11(2)19-13/h7-8,12,16H,5-6,9-10H2,1-4H3. The molecule has 1 aromatic rings. The molecule has 0 bridgehead atoms. The van der Waals surface area contributed by atoms with Crippen molar-refractivity contribution >= 4 is 17.2 Å². The highest BCUT2D eigenvalue weighted by molar-refractivity contribution is 7.12. The number of rotatable bonds is 4. The SMILES string of the molecule is CCC1(C(=O)N(C)C(C)c2ccc(C)s2)CCCN1. The monoisotopic (exact) mass is 280 g/mol. The number of likely N-dealkylation sites (N-methyl/N-ethyl adjacent to an activating group) is 1. The third kappa shape index (κ3) is 2.70. The van der Waals surface area contributed by atoms with Crippen molar-refractivity contribution in [1.82, 2.24) is 10.2 Å². The summed E-state index contributed by atoms with van der Waals surface area (Å²) in [7, 11) is 1.93. The topological polar surface area (TPSA) is 32.3 Å². The van der Waals surface area contributed by atoms with Gasteiger partial charge in [-0.25, -0.2) is 0 Å². The third-order valence-electron chi connectivity index (χ3n) is 4.33. The Balaban J connectivity index is 2.14. The molecule has 106 valence electrons. The Morgan fingerprint density at radius 2 is 2.32 bits per heavy atom. The molecule has 1 amide bonds. The minimum absolute atomic E-state index is 0.150. The van der Waals surface area contributed by atoms with E-state index in [0.29, 0.717) is 0 Å². The second kappa shape index (κ2) is 5.63. The first-order chi connectivity index (χ1) is 9.00. The molecule has 2 unspecified atom stereocenters. The number of amides is 1. The van der Waals surface area contributed by atoms with E-state index in [0.717, 1.165) is 25.8 Å². The van der Waals surface area contributed by atoms with Crippen LogP contribution in [-0.4, -0.2) is 29.9 Å². The summed E-state index contributed by atoms with van der Waals surface area (Å²) in [6.07, 6.45) is 2.93. The van der Waals surface area contributed by atoms with Crippen LogP contribution in [0.25, 0.3) is 0 Å². The zero-order valence-corrected chi connectivity index (χ0v) is 13.1. The van der Waals surface area contributed by atoms with Crippen molar-refractivity contribution in [3.8, 4) is 0 Å². The van der Waals surface area contributed by atoms with Gasteiger partial charge in [0.2, 0.25) is 5.91 Å². The van der Waals surface area contributed by atoms with Gasteiger partial charge in [0.1, 0.15) is 0 Å². The van der Waals surface area contributed by atoms with Gasteiger partial charge in [-0.15, -0.1) is 11.3 Å². The highest BCUT2D eigenvalue weighted by Gasteiger charge is 2.41. The first-order valence-electron chi connectivity index (χ1n) is 7.09. The Bertz CT molecular complexity index is 449. The molecule has 0 radical (unpaired) electrons. The van der Waals surface area contributed by atoms with Crippen LogP contribution in [0.4, 0.5) is 0 Å². The summed E-state index contributed by atoms with van der Waals surface area (Å²) in [6.45, 7) is 7.28. The van der Waals surface area contributed by atoms with Crippen LogP contribution in [0.1, 0.15) is 48.9 Å². The van der Waals surface area contributed by atoms with Crippen molar-refractivity contribution in [2.24, 2.45) is 0 Å². The van der Waals surface area contributed by atoms with Gasteiger partial charge in [0.25, 0.3) is 0 Å². The second-order valence-corrected chi connectivity index (χ2v) is 6.83. The maximum atomic E-state index is 12.8. The van der Waals surface area contributed by atoms with E-state index >= 15 is 0 Å². The smallest absolute Gasteiger partial charge is 0.243 e. The van der Waals surface area contributed by atoms with Gasteiger partial charge in [-0.2, -0.15) is 0 Å². The first kappa shape index (κ1) is 14.5. The van der Waals surface area contributed by atoms with Gasteiger partial charge in [-0.1, -0.05) is 6.92 Å². The Morgan fingerprint density at radius 1 is 1.58 bits per heavy atom. The van der Waals surface area contributed by atoms with Gasteiger partial charge in [-0.05, 0) is 51.8 Å². The molecule has 2 atom stereocenters. The molecule has 1 aliphatic rings. The van der Waals surface area contributed by atoms with E-state index in [-0.39, 0.29) is 17.5 Å². The maximum absolute atomic E-state index is 12.8. The zero-order chi connectivity index (χ0) is 14.0. The lowest BCUT2D eigenvalue weighted by atomic mass is 9.92. The van der Waals surface area contributed by atoms with Crippen molar-refractivity contribution in [2.75, 3.05) is 13.6 Å². The number of nitrogens with zero attached hydrogens (tertiary/aromatic N) is 1. The molecule has 2 heterocycles. The average molecular weight is 280 g/mol. The fourth-order valence-electron chi connectivity index (χ4n) is 2.82. The van der Waals surface area contributed by atoms with E-state index in [1.807, 2.05) is 11.9 Å². The molecule has 1 fully saturated rings. The number of aryl methyl sites for hydroxylation is 1. The van der Waals surface area contributed by atoms with Crippen LogP contribution in [0.2, 0.25) is 0 Å². The highest BCUT2D eigenvalue weighted by Crippen LogP contribution is 2.31. The number of thiophene rings is 1. The van der Waals surface area contributed by atoms with E-state index in [1.54, 1.807) is 11.3 Å². The van der Waals surface area contributed by atoms with Crippen LogP contribution in [0.15, 0.2) is 12.1 Å². The molecule has 19 heavy (non-hydrogen) atoms. The molecule has 0 aliphatic carbocycles. The van der Waals surface area contributed by atoms with Crippen LogP contribution in [-0.2, 0) is 4.79 Å². The van der Waals surface area contributed by atoms with E-state index < -0.39 is 0 Å². The quantitative estimate of drug-likeness (QED) is 0.919. The van der Waals surface area contributed by atoms with Gasteiger partial charge < -0.3 is 10.2 Å². The lowest BCUT2D eigenvalue weighted by Crippen LogP contribution is -2.53. The molecule has 0 saturated carbocycles. The molecule has 1 N–H and O–H groups in total. The van der Waals surface area contributed by atoms with Crippen molar-refractivity contribution < 1.29 is 4.79 Å². The largest absolute Gasteiger partial charge is 0.337 e. The Labute approximate surface area is 120 Å². The Morgan fingerprint density at radius 3 is 2.79 bits per heavy atom. The Hall–Kier alpha value is -0.870. The molecular formula is C15H24N2OS. The van der Waals surface area contributed by atoms with Crippen LogP contribution in [0.3, 0.4) is 0 Å². The minimum Gasteiger partial charge on any atom is -0.337 e. The number of hydrogen-bond acceptors (Lipinski definition) is 3. The molecule has 4 heteroatoms. The van der Waals surface area contributed by atoms with E-state index in [2.05, 4.69) is 38.2 Å². The third-order valence-corrected chi connectivity index (χ3v) is 5.50. The number of hydrogen-bond donors (Lipinski definition) is 1. The van der Waals surface area contributed by atoms with Gasteiger partial charge in [0.15, 0.2) is 0 Å². The average Bonchev–Trinajstić information content (AvgIpc) is 3.05. The molecule has 1 aliphatic heterocycles. The lowest BCUT2D eigenvalue weighted by molar-refractivity contribution is -0.138. The highest BCUT2D eigenvalue weighted by atomic mass is 32.1. The maximum Gasteiger partial charge on any atom is 0.243 e. The van der Waals surface area contributed by atoms with Gasteiger partial charge >= 0.3 is 0 Å². The fourth-order valence-corrected chi connectivity index (χ4v) is 3.80. The van der Waals surface area contributed by atoms with Crippen LogP contribution < -0.4 is 5.32 Å². The molecule has 2 rings (SSSR count). The van der Waals surface area contributed by atoms with Crippen LogP contribution in [0.5, 0.6) is 0 Å². The summed E-state index contributed by atoms with van der Waals surface area (Å²) in [5, 5.41) is 3.42. The van der Waals surface area contributed by atoms with Crippen molar-refractivity contribution in [2.45, 2.75) is 51.6 Å². The normalized spacial score (nSPS) is 24.4. The summed E-state index contributed by atoms with van der Waals surface area (Å²) in [6, 6.07) is 4.41. The molecule has 1 saturated heterocycles. The zero-order valence-electron chi connectivity index (χ0n) is 12.3. The predicted molar refractivity (Wildman–Crippen MR) is 80.5 cm³/mol. The van der Waals surface area contributed by atoms with E-state index in [9.17, 15) is 4.79 Å². The molecule has 1 aromatic heterocycles. The predicted octanol–water partition coefficient (Wildman–Crippen LogP) is 3.11. The van der Waals surface area contributed by atoms with E-state index in [4.69, 9.17) is 0 Å². The molecule has 0 spiro atoms. The Kier molecular flexibility index (Phi) is 4.31. The lowest BCUT2D eigenvalue weighted by Gasteiger charge is -2.34. The van der Waals surface area contributed by atoms with Gasteiger partial charge in [0.05, 0.1) is 11.6 Å². The minimum atomic E-state index is -0.324. The van der Waals surface area contributed by atoms with Crippen molar-refractivity contribution in [1.29, 1.82) is 0 Å². The second-order valence-electron chi connectivity index (χ2n) is 5.51. The number of nitrogens with one attached hydrogen (secondary N) is 1. The van der Waals surface area contributed by atoms with E-state index in [1.165, 1.54) is 9.75 Å². The number of carbonyl (C=O) groups excluding carboxylic acids is 1.